The molecule has 0 rings (SSSR count). The first-order chi connectivity index (χ1) is 2.91. The molecule has 0 aromatic carbocycles. The van der Waals surface area contributed by atoms with E-state index in [1.54, 1.807) is 0 Å². The molecule has 0 bridgehead atoms. The van der Waals surface area contributed by atoms with E-state index in [1.807, 2.05) is 0 Å². The SMILES string of the molecule is CCCCCC.[Na]. The van der Waals surface area contributed by atoms with Gasteiger partial charge in [0.25, 0.3) is 0 Å². The predicted molar refractivity (Wildman–Crippen MR) is 35.6 cm³/mol. The van der Waals surface area contributed by atoms with Gasteiger partial charge in [-0.3, -0.25) is 0 Å². The van der Waals surface area contributed by atoms with Gasteiger partial charge in [0, 0.05) is 29.6 Å². The van der Waals surface area contributed by atoms with E-state index in [9.17, 15) is 0 Å². The standard InChI is InChI=1S/C6H14.Na/c1-3-5-6-4-2;/h3-6H2,1-2H3;. The minimum absolute atomic E-state index is 0. The third kappa shape index (κ3) is 10.9. The fourth-order valence-corrected chi connectivity index (χ4v) is 0.500. The molecule has 0 spiro atoms. The summed E-state index contributed by atoms with van der Waals surface area (Å²) in [6.45, 7) is 4.46. The summed E-state index contributed by atoms with van der Waals surface area (Å²) in [6.07, 6.45) is 5.54. The second-order valence-corrected chi connectivity index (χ2v) is 1.71. The maximum absolute atomic E-state index is 2.23. The van der Waals surface area contributed by atoms with Crippen LogP contribution in [-0.4, -0.2) is 29.6 Å². The first kappa shape index (κ1) is 10.9. The minimum atomic E-state index is 0. The van der Waals surface area contributed by atoms with Crippen molar-refractivity contribution in [1.29, 1.82) is 0 Å². The molecule has 0 heterocycles. The van der Waals surface area contributed by atoms with Gasteiger partial charge < -0.3 is 0 Å². The molecule has 0 aromatic rings. The van der Waals surface area contributed by atoms with E-state index in [0.29, 0.717) is 0 Å². The van der Waals surface area contributed by atoms with Gasteiger partial charge in [0.1, 0.15) is 0 Å². The van der Waals surface area contributed by atoms with Crippen LogP contribution in [0, 0.1) is 0 Å². The smallest absolute Gasteiger partial charge is 0 e. The summed E-state index contributed by atoms with van der Waals surface area (Å²) in [6, 6.07) is 0. The number of unbranched alkanes of at least 4 members (excludes halogenated alkanes) is 3. The van der Waals surface area contributed by atoms with Gasteiger partial charge in [0.15, 0.2) is 0 Å². The Morgan fingerprint density at radius 2 is 1.14 bits per heavy atom. The molecule has 0 saturated carbocycles. The molecule has 0 aliphatic rings. The van der Waals surface area contributed by atoms with Crippen LogP contribution in [-0.2, 0) is 0 Å². The van der Waals surface area contributed by atoms with Crippen molar-refractivity contribution in [3.05, 3.63) is 0 Å². The van der Waals surface area contributed by atoms with Crippen molar-refractivity contribution in [2.45, 2.75) is 39.5 Å². The molecule has 1 radical (unpaired) electrons. The second kappa shape index (κ2) is 10.1. The molecule has 0 atom stereocenters. The molecule has 0 unspecified atom stereocenters. The molecule has 0 fully saturated rings. The van der Waals surface area contributed by atoms with Crippen LogP contribution in [0.5, 0.6) is 0 Å². The molecular formula is C6H14Na. The summed E-state index contributed by atoms with van der Waals surface area (Å²) in [5, 5.41) is 0. The van der Waals surface area contributed by atoms with Crippen LogP contribution in [0.15, 0.2) is 0 Å². The molecule has 0 aliphatic carbocycles. The van der Waals surface area contributed by atoms with Crippen LogP contribution in [0.25, 0.3) is 0 Å². The Balaban J connectivity index is 0. The van der Waals surface area contributed by atoms with E-state index in [0.717, 1.165) is 0 Å². The molecule has 0 aromatic heterocycles. The Morgan fingerprint density at radius 3 is 1.29 bits per heavy atom. The minimum Gasteiger partial charge on any atom is -0.0654 e. The Kier molecular flexibility index (Phi) is 15.7. The number of hydrogen-bond acceptors (Lipinski definition) is 0. The van der Waals surface area contributed by atoms with E-state index in [2.05, 4.69) is 13.8 Å². The molecule has 7 heavy (non-hydrogen) atoms. The van der Waals surface area contributed by atoms with Crippen molar-refractivity contribution in [1.82, 2.24) is 0 Å². The summed E-state index contributed by atoms with van der Waals surface area (Å²) < 4.78 is 0. The van der Waals surface area contributed by atoms with E-state index in [4.69, 9.17) is 0 Å². The molecule has 0 nitrogen and oxygen atoms in total. The van der Waals surface area contributed by atoms with Crippen LogP contribution in [0.2, 0.25) is 0 Å². The quantitative estimate of drug-likeness (QED) is 0.385. The average Bonchev–Trinajstić information content (AvgIpc) is 1.61. The van der Waals surface area contributed by atoms with Gasteiger partial charge in [0.2, 0.25) is 0 Å². The van der Waals surface area contributed by atoms with Crippen LogP contribution in [0.3, 0.4) is 0 Å². The molecule has 0 saturated heterocycles. The fraction of sp³-hybridized carbons (Fsp3) is 1.00. The third-order valence-electron chi connectivity index (χ3n) is 0.957. The van der Waals surface area contributed by atoms with Gasteiger partial charge in [-0.1, -0.05) is 39.5 Å². The van der Waals surface area contributed by atoms with E-state index >= 15 is 0 Å². The molecule has 1 heteroatoms. The monoisotopic (exact) mass is 109 g/mol. The van der Waals surface area contributed by atoms with Crippen LogP contribution < -0.4 is 0 Å². The zero-order valence-corrected chi connectivity index (χ0v) is 7.83. The molecule has 39 valence electrons. The maximum atomic E-state index is 2.23. The van der Waals surface area contributed by atoms with E-state index < -0.39 is 0 Å². The van der Waals surface area contributed by atoms with Crippen molar-refractivity contribution < 1.29 is 0 Å². The predicted octanol–water partition coefficient (Wildman–Crippen LogP) is 2.21. The Hall–Kier alpha value is 1.00. The second-order valence-electron chi connectivity index (χ2n) is 1.71. The van der Waals surface area contributed by atoms with E-state index in [-0.39, 0.29) is 29.6 Å². The molecule has 0 aliphatic heterocycles. The first-order valence-electron chi connectivity index (χ1n) is 2.91. The maximum Gasteiger partial charge on any atom is 0 e. The summed E-state index contributed by atoms with van der Waals surface area (Å²) in [7, 11) is 0. The normalized spacial score (nSPS) is 7.71. The van der Waals surface area contributed by atoms with Crippen molar-refractivity contribution in [2.75, 3.05) is 0 Å². The van der Waals surface area contributed by atoms with Gasteiger partial charge >= 0.3 is 0 Å². The van der Waals surface area contributed by atoms with Crippen molar-refractivity contribution >= 4 is 29.6 Å². The van der Waals surface area contributed by atoms with Gasteiger partial charge in [-0.25, -0.2) is 0 Å². The van der Waals surface area contributed by atoms with Crippen molar-refractivity contribution in [2.24, 2.45) is 0 Å². The van der Waals surface area contributed by atoms with Gasteiger partial charge in [-0.05, 0) is 0 Å². The van der Waals surface area contributed by atoms with Crippen LogP contribution >= 0.6 is 0 Å². The largest absolute Gasteiger partial charge is 0.0654 e. The molecule has 0 N–H and O–H groups in total. The van der Waals surface area contributed by atoms with Gasteiger partial charge in [-0.2, -0.15) is 0 Å². The summed E-state index contributed by atoms with van der Waals surface area (Å²) >= 11 is 0. The van der Waals surface area contributed by atoms with Crippen molar-refractivity contribution in [3.63, 3.8) is 0 Å². The number of hydrogen-bond donors (Lipinski definition) is 0. The average molecular weight is 109 g/mol. The zero-order chi connectivity index (χ0) is 4.83. The molecular weight excluding hydrogens is 95.1 g/mol. The Morgan fingerprint density at radius 1 is 0.857 bits per heavy atom. The van der Waals surface area contributed by atoms with Crippen LogP contribution in [0.1, 0.15) is 39.5 Å². The van der Waals surface area contributed by atoms with Gasteiger partial charge in [-0.15, -0.1) is 0 Å². The van der Waals surface area contributed by atoms with E-state index in [1.165, 1.54) is 25.7 Å². The zero-order valence-electron chi connectivity index (χ0n) is 5.83. The topological polar surface area (TPSA) is 0 Å². The Labute approximate surface area is 69.0 Å². The first-order valence-corrected chi connectivity index (χ1v) is 2.91. The van der Waals surface area contributed by atoms with Crippen molar-refractivity contribution in [3.8, 4) is 0 Å². The van der Waals surface area contributed by atoms with Crippen LogP contribution in [0.4, 0.5) is 0 Å². The molecule has 0 amide bonds. The third-order valence-corrected chi connectivity index (χ3v) is 0.957. The fourth-order valence-electron chi connectivity index (χ4n) is 0.500. The number of rotatable bonds is 3. The Bertz CT molecular complexity index is 16.1. The summed E-state index contributed by atoms with van der Waals surface area (Å²) in [5.41, 5.74) is 0. The van der Waals surface area contributed by atoms with Gasteiger partial charge in [0.05, 0.1) is 0 Å². The summed E-state index contributed by atoms with van der Waals surface area (Å²) in [5.74, 6) is 0. The summed E-state index contributed by atoms with van der Waals surface area (Å²) in [4.78, 5) is 0.